The maximum absolute atomic E-state index is 12.2. The molecule has 1 spiro atoms. The van der Waals surface area contributed by atoms with Gasteiger partial charge in [-0.1, -0.05) is 49.0 Å². The van der Waals surface area contributed by atoms with Gasteiger partial charge in [0.2, 0.25) is 0 Å². The van der Waals surface area contributed by atoms with Crippen LogP contribution >= 0.6 is 0 Å². The van der Waals surface area contributed by atoms with Crippen LogP contribution in [0.2, 0.25) is 0 Å². The number of hydrogen-bond donors (Lipinski definition) is 1. The monoisotopic (exact) mass is 320 g/mol. The van der Waals surface area contributed by atoms with E-state index in [9.17, 15) is 4.79 Å². The molecule has 1 aliphatic heterocycles. The Hall–Kier alpha value is -1.83. The molecule has 24 heavy (non-hydrogen) atoms. The molecule has 1 N–H and O–H groups in total. The van der Waals surface area contributed by atoms with Gasteiger partial charge in [-0.15, -0.1) is 0 Å². The highest BCUT2D eigenvalue weighted by Crippen LogP contribution is 2.65. The van der Waals surface area contributed by atoms with Crippen molar-refractivity contribution in [1.29, 1.82) is 0 Å². The Kier molecular flexibility index (Phi) is 3.86. The SMILES string of the molecule is CCC(=O)C1=CC=C2CNC(C[C@H]3[CH]CC=C(C)C=C3)=CC23CC13. The molecule has 0 aromatic carbocycles. The van der Waals surface area contributed by atoms with Crippen LogP contribution in [0.15, 0.2) is 58.9 Å². The molecule has 2 heteroatoms. The largest absolute Gasteiger partial charge is 0.385 e. The lowest BCUT2D eigenvalue weighted by Gasteiger charge is -2.30. The van der Waals surface area contributed by atoms with Crippen LogP contribution in [-0.2, 0) is 4.79 Å². The van der Waals surface area contributed by atoms with Gasteiger partial charge in [0, 0.05) is 30.0 Å². The molecule has 3 atom stereocenters. The third-order valence-corrected chi connectivity index (χ3v) is 5.96. The van der Waals surface area contributed by atoms with Crippen molar-refractivity contribution in [3.63, 3.8) is 0 Å². The van der Waals surface area contributed by atoms with Crippen LogP contribution < -0.4 is 5.32 Å². The molecule has 1 fully saturated rings. The fraction of sp³-hybridized carbons (Fsp3) is 0.455. The summed E-state index contributed by atoms with van der Waals surface area (Å²) in [7, 11) is 0. The Morgan fingerprint density at radius 2 is 2.25 bits per heavy atom. The molecule has 0 amide bonds. The van der Waals surface area contributed by atoms with Gasteiger partial charge in [-0.3, -0.25) is 4.79 Å². The zero-order chi connectivity index (χ0) is 16.7. The number of Topliss-reactive ketones (excluding diaryl/α,β-unsaturated/α-hetero) is 1. The predicted octanol–water partition coefficient (Wildman–Crippen LogP) is 4.44. The topological polar surface area (TPSA) is 29.1 Å². The number of rotatable bonds is 4. The normalized spacial score (nSPS) is 33.8. The second-order valence-electron chi connectivity index (χ2n) is 7.56. The standard InChI is InChI=1S/C22H26NO/c1-3-21(24)19-10-9-17-14-23-18(12-22(17)13-20(19)22)11-16-6-4-5-15(2)7-8-16/h5-10,12,16,20,23H,3-4,11,13-14H2,1-2H3/t16-,20?,22?/m0/s1. The highest BCUT2D eigenvalue weighted by atomic mass is 16.1. The van der Waals surface area contributed by atoms with Crippen molar-refractivity contribution in [2.45, 2.75) is 39.5 Å². The molecule has 125 valence electrons. The average Bonchev–Trinajstić information content (AvgIpc) is 3.33. The fourth-order valence-corrected chi connectivity index (χ4v) is 4.41. The minimum atomic E-state index is 0.151. The van der Waals surface area contributed by atoms with E-state index < -0.39 is 0 Å². The summed E-state index contributed by atoms with van der Waals surface area (Å²) in [5.74, 6) is 1.24. The summed E-state index contributed by atoms with van der Waals surface area (Å²) in [4.78, 5) is 12.2. The predicted molar refractivity (Wildman–Crippen MR) is 98.0 cm³/mol. The summed E-state index contributed by atoms with van der Waals surface area (Å²) in [5.41, 5.74) is 5.37. The maximum Gasteiger partial charge on any atom is 0.158 e. The van der Waals surface area contributed by atoms with E-state index in [0.717, 1.165) is 31.4 Å². The second-order valence-corrected chi connectivity index (χ2v) is 7.56. The third kappa shape index (κ3) is 2.62. The van der Waals surface area contributed by atoms with Gasteiger partial charge in [0.1, 0.15) is 0 Å². The Bertz CT molecular complexity index is 718. The van der Waals surface area contributed by atoms with Crippen molar-refractivity contribution < 1.29 is 4.79 Å². The molecular formula is C22H26NO. The molecule has 2 unspecified atom stereocenters. The fourth-order valence-electron chi connectivity index (χ4n) is 4.41. The lowest BCUT2D eigenvalue weighted by Crippen LogP contribution is -2.30. The Morgan fingerprint density at radius 1 is 1.38 bits per heavy atom. The van der Waals surface area contributed by atoms with Crippen LogP contribution in [0.1, 0.15) is 39.5 Å². The van der Waals surface area contributed by atoms with Crippen molar-refractivity contribution in [2.75, 3.05) is 6.54 Å². The summed E-state index contributed by atoms with van der Waals surface area (Å²) in [6, 6.07) is 0. The van der Waals surface area contributed by atoms with Crippen LogP contribution in [0.4, 0.5) is 0 Å². The van der Waals surface area contributed by atoms with E-state index >= 15 is 0 Å². The molecule has 3 aliphatic carbocycles. The molecule has 0 aromatic heterocycles. The van der Waals surface area contributed by atoms with Gasteiger partial charge in [0.05, 0.1) is 0 Å². The average molecular weight is 320 g/mol. The number of nitrogens with one attached hydrogen (secondary N) is 1. The van der Waals surface area contributed by atoms with Gasteiger partial charge in [-0.05, 0) is 49.7 Å². The van der Waals surface area contributed by atoms with Gasteiger partial charge in [0.15, 0.2) is 5.78 Å². The summed E-state index contributed by atoms with van der Waals surface area (Å²) >= 11 is 0. The molecule has 4 rings (SSSR count). The Labute approximate surface area is 145 Å². The van der Waals surface area contributed by atoms with Gasteiger partial charge >= 0.3 is 0 Å². The molecule has 2 nitrogen and oxygen atoms in total. The van der Waals surface area contributed by atoms with E-state index in [0.29, 0.717) is 24.0 Å². The summed E-state index contributed by atoms with van der Waals surface area (Å²) in [5, 5.41) is 3.61. The summed E-state index contributed by atoms with van der Waals surface area (Å²) in [6.07, 6.45) is 19.8. The molecule has 0 saturated heterocycles. The first-order valence-electron chi connectivity index (χ1n) is 9.20. The van der Waals surface area contributed by atoms with Crippen molar-refractivity contribution in [2.24, 2.45) is 17.3 Å². The Morgan fingerprint density at radius 3 is 3.08 bits per heavy atom. The van der Waals surface area contributed by atoms with Gasteiger partial charge in [-0.25, -0.2) is 0 Å². The van der Waals surface area contributed by atoms with Crippen molar-refractivity contribution in [3.05, 3.63) is 65.3 Å². The number of ketones is 1. The van der Waals surface area contributed by atoms with Gasteiger partial charge in [0.25, 0.3) is 0 Å². The first-order chi connectivity index (χ1) is 11.6. The molecule has 4 aliphatic rings. The molecular weight excluding hydrogens is 294 g/mol. The molecule has 0 aromatic rings. The van der Waals surface area contributed by atoms with E-state index in [4.69, 9.17) is 0 Å². The van der Waals surface area contributed by atoms with Crippen molar-refractivity contribution in [3.8, 4) is 0 Å². The van der Waals surface area contributed by atoms with E-state index in [2.05, 4.69) is 55.1 Å². The van der Waals surface area contributed by atoms with Gasteiger partial charge < -0.3 is 5.32 Å². The third-order valence-electron chi connectivity index (χ3n) is 5.96. The molecule has 1 radical (unpaired) electrons. The summed E-state index contributed by atoms with van der Waals surface area (Å²) in [6.45, 7) is 5.06. The first kappa shape index (κ1) is 15.7. The van der Waals surface area contributed by atoms with Crippen LogP contribution in [0.5, 0.6) is 0 Å². The van der Waals surface area contributed by atoms with Crippen LogP contribution in [0.25, 0.3) is 0 Å². The van der Waals surface area contributed by atoms with E-state index in [1.807, 2.05) is 6.92 Å². The smallest absolute Gasteiger partial charge is 0.158 e. The van der Waals surface area contributed by atoms with Crippen molar-refractivity contribution in [1.82, 2.24) is 5.32 Å². The second kappa shape index (κ2) is 5.91. The molecule has 1 heterocycles. The Balaban J connectivity index is 1.52. The van der Waals surface area contributed by atoms with Crippen LogP contribution in [0.3, 0.4) is 0 Å². The van der Waals surface area contributed by atoms with Gasteiger partial charge in [-0.2, -0.15) is 0 Å². The lowest BCUT2D eigenvalue weighted by atomic mass is 9.81. The van der Waals surface area contributed by atoms with Crippen molar-refractivity contribution >= 4 is 5.78 Å². The quantitative estimate of drug-likeness (QED) is 0.829. The minimum absolute atomic E-state index is 0.151. The molecule has 1 saturated carbocycles. The number of carbonyl (C=O) groups is 1. The van der Waals surface area contributed by atoms with Crippen LogP contribution in [-0.4, -0.2) is 12.3 Å². The zero-order valence-corrected chi connectivity index (χ0v) is 14.6. The zero-order valence-electron chi connectivity index (χ0n) is 14.6. The molecule has 0 bridgehead atoms. The van der Waals surface area contributed by atoms with E-state index in [1.54, 1.807) is 0 Å². The minimum Gasteiger partial charge on any atom is -0.385 e. The number of carbonyl (C=O) groups excluding carboxylic acids is 1. The highest BCUT2D eigenvalue weighted by molar-refractivity contribution is 5.97. The number of allylic oxidation sites excluding steroid dienone is 9. The maximum atomic E-state index is 12.2. The summed E-state index contributed by atoms with van der Waals surface area (Å²) < 4.78 is 0. The first-order valence-corrected chi connectivity index (χ1v) is 9.20. The van der Waals surface area contributed by atoms with E-state index in [1.165, 1.54) is 16.8 Å². The number of hydrogen-bond acceptors (Lipinski definition) is 2. The van der Waals surface area contributed by atoms with Crippen LogP contribution in [0, 0.1) is 23.7 Å². The lowest BCUT2D eigenvalue weighted by molar-refractivity contribution is -0.115. The highest BCUT2D eigenvalue weighted by Gasteiger charge is 2.59. The van der Waals surface area contributed by atoms with E-state index in [-0.39, 0.29) is 5.41 Å².